The summed E-state index contributed by atoms with van der Waals surface area (Å²) in [5.74, 6) is 0.191. The molecule has 0 saturated carbocycles. The van der Waals surface area contributed by atoms with Gasteiger partial charge in [0.25, 0.3) is 0 Å². The van der Waals surface area contributed by atoms with Crippen molar-refractivity contribution in [2.45, 2.75) is 13.5 Å². The van der Waals surface area contributed by atoms with Gasteiger partial charge >= 0.3 is 0 Å². The van der Waals surface area contributed by atoms with Crippen LogP contribution in [0.15, 0.2) is 5.38 Å². The standard InChI is InChI=1S/C12H20N4OS/c1-10-9-18-11(14-10)7-13-8-12(17)16-5-3-15(2)4-6-16/h9,13H,3-8H2,1-2H3. The van der Waals surface area contributed by atoms with E-state index in [9.17, 15) is 4.79 Å². The molecule has 0 bridgehead atoms. The van der Waals surface area contributed by atoms with E-state index in [1.807, 2.05) is 17.2 Å². The van der Waals surface area contributed by atoms with Crippen molar-refractivity contribution in [3.8, 4) is 0 Å². The SMILES string of the molecule is Cc1csc(CNCC(=O)N2CCN(C)CC2)n1. The number of hydrogen-bond acceptors (Lipinski definition) is 5. The highest BCUT2D eigenvalue weighted by Crippen LogP contribution is 2.07. The van der Waals surface area contributed by atoms with Gasteiger partial charge in [-0.2, -0.15) is 0 Å². The molecule has 1 aliphatic heterocycles. The fourth-order valence-electron chi connectivity index (χ4n) is 1.93. The van der Waals surface area contributed by atoms with E-state index in [0.717, 1.165) is 36.9 Å². The summed E-state index contributed by atoms with van der Waals surface area (Å²) in [5, 5.41) is 6.23. The van der Waals surface area contributed by atoms with Crippen molar-refractivity contribution in [2.24, 2.45) is 0 Å². The van der Waals surface area contributed by atoms with Crippen LogP contribution in [0.4, 0.5) is 0 Å². The zero-order valence-electron chi connectivity index (χ0n) is 11.0. The zero-order valence-corrected chi connectivity index (χ0v) is 11.8. The summed E-state index contributed by atoms with van der Waals surface area (Å²) in [6.07, 6.45) is 0. The first-order valence-electron chi connectivity index (χ1n) is 6.23. The third-order valence-electron chi connectivity index (χ3n) is 3.08. The largest absolute Gasteiger partial charge is 0.339 e. The first kappa shape index (κ1) is 13.5. The van der Waals surface area contributed by atoms with E-state index < -0.39 is 0 Å². The molecule has 0 unspecified atom stereocenters. The number of thiazole rings is 1. The minimum absolute atomic E-state index is 0.191. The summed E-state index contributed by atoms with van der Waals surface area (Å²) in [4.78, 5) is 20.5. The average molecular weight is 268 g/mol. The molecular weight excluding hydrogens is 248 g/mol. The van der Waals surface area contributed by atoms with Crippen LogP contribution >= 0.6 is 11.3 Å². The lowest BCUT2D eigenvalue weighted by Gasteiger charge is -2.32. The van der Waals surface area contributed by atoms with Gasteiger partial charge in [-0.15, -0.1) is 11.3 Å². The van der Waals surface area contributed by atoms with Gasteiger partial charge in [-0.25, -0.2) is 4.98 Å². The van der Waals surface area contributed by atoms with Crippen LogP contribution in [0.25, 0.3) is 0 Å². The fraction of sp³-hybridized carbons (Fsp3) is 0.667. The minimum Gasteiger partial charge on any atom is -0.339 e. The molecule has 5 nitrogen and oxygen atoms in total. The highest BCUT2D eigenvalue weighted by atomic mass is 32.1. The second-order valence-electron chi connectivity index (χ2n) is 4.67. The summed E-state index contributed by atoms with van der Waals surface area (Å²) in [7, 11) is 2.09. The Balaban J connectivity index is 1.68. The molecule has 0 radical (unpaired) electrons. The van der Waals surface area contributed by atoms with Crippen LogP contribution in [0, 0.1) is 6.92 Å². The molecule has 1 N–H and O–H groups in total. The Morgan fingerprint density at radius 3 is 2.78 bits per heavy atom. The van der Waals surface area contributed by atoms with Crippen LogP contribution < -0.4 is 5.32 Å². The number of likely N-dealkylation sites (N-methyl/N-ethyl adjacent to an activating group) is 1. The van der Waals surface area contributed by atoms with E-state index in [1.54, 1.807) is 11.3 Å². The molecule has 100 valence electrons. The third kappa shape index (κ3) is 3.76. The Bertz CT molecular complexity index is 399. The van der Waals surface area contributed by atoms with Gasteiger partial charge in [-0.3, -0.25) is 4.79 Å². The number of amides is 1. The fourth-order valence-corrected chi connectivity index (χ4v) is 2.67. The average Bonchev–Trinajstić information content (AvgIpc) is 2.76. The molecule has 0 aliphatic carbocycles. The van der Waals surface area contributed by atoms with Gasteiger partial charge in [0.2, 0.25) is 5.91 Å². The molecule has 0 spiro atoms. The maximum absolute atomic E-state index is 11.9. The lowest BCUT2D eigenvalue weighted by molar-refractivity contribution is -0.131. The van der Waals surface area contributed by atoms with E-state index in [1.165, 1.54) is 0 Å². The Kier molecular flexibility index (Phi) is 4.68. The number of carbonyl (C=O) groups is 1. The first-order valence-corrected chi connectivity index (χ1v) is 7.11. The predicted octanol–water partition coefficient (Wildman–Crippen LogP) is 0.315. The van der Waals surface area contributed by atoms with Gasteiger partial charge < -0.3 is 15.1 Å². The van der Waals surface area contributed by atoms with E-state index in [2.05, 4.69) is 22.2 Å². The quantitative estimate of drug-likeness (QED) is 0.854. The first-order chi connectivity index (χ1) is 8.65. The van der Waals surface area contributed by atoms with Gasteiger partial charge in [0, 0.05) is 43.8 Å². The number of rotatable bonds is 4. The van der Waals surface area contributed by atoms with Crippen molar-refractivity contribution < 1.29 is 4.79 Å². The maximum atomic E-state index is 11.9. The smallest absolute Gasteiger partial charge is 0.236 e. The molecule has 6 heteroatoms. The molecular formula is C12H20N4OS. The van der Waals surface area contributed by atoms with Crippen LogP contribution in [0.5, 0.6) is 0 Å². The summed E-state index contributed by atoms with van der Waals surface area (Å²) in [6, 6.07) is 0. The number of hydrogen-bond donors (Lipinski definition) is 1. The summed E-state index contributed by atoms with van der Waals surface area (Å²) in [6.45, 7) is 6.69. The van der Waals surface area contributed by atoms with Gasteiger partial charge in [0.1, 0.15) is 5.01 Å². The lowest BCUT2D eigenvalue weighted by atomic mass is 10.3. The van der Waals surface area contributed by atoms with Crippen LogP contribution in [0.1, 0.15) is 10.7 Å². The van der Waals surface area contributed by atoms with Crippen LogP contribution in [-0.4, -0.2) is 60.5 Å². The molecule has 1 aromatic heterocycles. The Hall–Kier alpha value is -0.980. The van der Waals surface area contributed by atoms with E-state index >= 15 is 0 Å². The van der Waals surface area contributed by atoms with E-state index in [-0.39, 0.29) is 5.91 Å². The van der Waals surface area contributed by atoms with Crippen molar-refractivity contribution in [3.63, 3.8) is 0 Å². The Labute approximate surface area is 112 Å². The monoisotopic (exact) mass is 268 g/mol. The molecule has 2 heterocycles. The summed E-state index contributed by atoms with van der Waals surface area (Å²) >= 11 is 1.63. The number of aryl methyl sites for hydroxylation is 1. The number of nitrogens with one attached hydrogen (secondary N) is 1. The van der Waals surface area contributed by atoms with Crippen LogP contribution in [-0.2, 0) is 11.3 Å². The van der Waals surface area contributed by atoms with Crippen molar-refractivity contribution in [2.75, 3.05) is 39.8 Å². The van der Waals surface area contributed by atoms with Crippen LogP contribution in [0.2, 0.25) is 0 Å². The molecule has 1 aliphatic rings. The topological polar surface area (TPSA) is 48.5 Å². The molecule has 1 amide bonds. The lowest BCUT2D eigenvalue weighted by Crippen LogP contribution is -2.49. The second kappa shape index (κ2) is 6.26. The molecule has 0 aromatic carbocycles. The van der Waals surface area contributed by atoms with E-state index in [4.69, 9.17) is 0 Å². The maximum Gasteiger partial charge on any atom is 0.236 e. The number of piperazine rings is 1. The molecule has 1 fully saturated rings. The Morgan fingerprint density at radius 2 is 2.17 bits per heavy atom. The van der Waals surface area contributed by atoms with Crippen molar-refractivity contribution in [1.29, 1.82) is 0 Å². The number of nitrogens with zero attached hydrogens (tertiary/aromatic N) is 3. The van der Waals surface area contributed by atoms with Crippen molar-refractivity contribution in [3.05, 3.63) is 16.1 Å². The minimum atomic E-state index is 0.191. The molecule has 2 rings (SSSR count). The predicted molar refractivity (Wildman–Crippen MR) is 72.6 cm³/mol. The van der Waals surface area contributed by atoms with Gasteiger partial charge in [0.05, 0.1) is 6.54 Å². The molecule has 1 saturated heterocycles. The highest BCUT2D eigenvalue weighted by molar-refractivity contribution is 7.09. The van der Waals surface area contributed by atoms with Crippen molar-refractivity contribution in [1.82, 2.24) is 20.1 Å². The van der Waals surface area contributed by atoms with Gasteiger partial charge in [-0.05, 0) is 14.0 Å². The summed E-state index contributed by atoms with van der Waals surface area (Å²) < 4.78 is 0. The number of aromatic nitrogens is 1. The number of carbonyl (C=O) groups excluding carboxylic acids is 1. The van der Waals surface area contributed by atoms with Gasteiger partial charge in [-0.1, -0.05) is 0 Å². The third-order valence-corrected chi connectivity index (χ3v) is 4.04. The zero-order chi connectivity index (χ0) is 13.0. The molecule has 0 atom stereocenters. The van der Waals surface area contributed by atoms with E-state index in [0.29, 0.717) is 13.1 Å². The van der Waals surface area contributed by atoms with Crippen LogP contribution in [0.3, 0.4) is 0 Å². The molecule has 18 heavy (non-hydrogen) atoms. The van der Waals surface area contributed by atoms with Crippen molar-refractivity contribution >= 4 is 17.2 Å². The second-order valence-corrected chi connectivity index (χ2v) is 5.61. The highest BCUT2D eigenvalue weighted by Gasteiger charge is 2.18. The normalized spacial score (nSPS) is 17.1. The Morgan fingerprint density at radius 1 is 1.44 bits per heavy atom. The van der Waals surface area contributed by atoms with Gasteiger partial charge in [0.15, 0.2) is 0 Å². The summed E-state index contributed by atoms with van der Waals surface area (Å²) in [5.41, 5.74) is 1.04. The molecule has 1 aromatic rings.